The maximum Gasteiger partial charge on any atom is 0.118 e. The third-order valence-electron chi connectivity index (χ3n) is 2.94. The summed E-state index contributed by atoms with van der Waals surface area (Å²) >= 11 is 0. The van der Waals surface area contributed by atoms with Gasteiger partial charge in [0.2, 0.25) is 0 Å². The van der Waals surface area contributed by atoms with Crippen LogP contribution in [-0.2, 0) is 0 Å². The maximum atomic E-state index is 5.19. The second-order valence-corrected chi connectivity index (χ2v) is 9.17. The monoisotopic (exact) mass is 222 g/mol. The van der Waals surface area contributed by atoms with E-state index in [0.29, 0.717) is 0 Å². The summed E-state index contributed by atoms with van der Waals surface area (Å²) in [5, 5.41) is 1.56. The van der Waals surface area contributed by atoms with Gasteiger partial charge < -0.3 is 4.74 Å². The van der Waals surface area contributed by atoms with Gasteiger partial charge in [-0.15, -0.1) is 0 Å². The van der Waals surface area contributed by atoms with E-state index < -0.39 is 8.80 Å². The lowest BCUT2D eigenvalue weighted by atomic mass is 10.3. The second kappa shape index (κ2) is 5.36. The summed E-state index contributed by atoms with van der Waals surface area (Å²) in [7, 11) is 0.891. The van der Waals surface area contributed by atoms with Crippen LogP contribution in [0.15, 0.2) is 24.3 Å². The Morgan fingerprint density at radius 2 is 1.40 bits per heavy atom. The minimum atomic E-state index is -0.826. The standard InChI is InChI=1S/C13H22OSi/c1-10(2)15(11(3)4)13-8-6-12(14-5)7-9-13/h6-11,15H,1-5H3. The van der Waals surface area contributed by atoms with Gasteiger partial charge in [-0.05, 0) is 23.2 Å². The van der Waals surface area contributed by atoms with Crippen LogP contribution in [0.25, 0.3) is 0 Å². The van der Waals surface area contributed by atoms with Gasteiger partial charge in [-0.3, -0.25) is 0 Å². The van der Waals surface area contributed by atoms with Gasteiger partial charge >= 0.3 is 0 Å². The van der Waals surface area contributed by atoms with Crippen molar-refractivity contribution < 1.29 is 4.74 Å². The van der Waals surface area contributed by atoms with Crippen molar-refractivity contribution in [3.63, 3.8) is 0 Å². The molecule has 1 rings (SSSR count). The lowest BCUT2D eigenvalue weighted by Crippen LogP contribution is -2.35. The molecular weight excluding hydrogens is 200 g/mol. The van der Waals surface area contributed by atoms with Crippen molar-refractivity contribution in [3.05, 3.63) is 24.3 Å². The molecule has 84 valence electrons. The molecule has 1 aromatic rings. The molecule has 1 nitrogen and oxygen atoms in total. The molecular formula is C13H22OSi. The second-order valence-electron chi connectivity index (χ2n) is 4.79. The lowest BCUT2D eigenvalue weighted by molar-refractivity contribution is 0.415. The fourth-order valence-corrected chi connectivity index (χ4v) is 6.08. The number of hydrogen-bond donors (Lipinski definition) is 0. The fourth-order valence-electron chi connectivity index (χ4n) is 2.37. The molecule has 2 heteroatoms. The Labute approximate surface area is 95.1 Å². The number of benzene rings is 1. The summed E-state index contributed by atoms with van der Waals surface area (Å²) in [5.74, 6) is 0.957. The van der Waals surface area contributed by atoms with Crippen LogP contribution >= 0.6 is 0 Å². The lowest BCUT2D eigenvalue weighted by Gasteiger charge is -2.23. The van der Waals surface area contributed by atoms with Crippen LogP contribution in [0.3, 0.4) is 0 Å². The van der Waals surface area contributed by atoms with E-state index in [0.717, 1.165) is 16.8 Å². The minimum Gasteiger partial charge on any atom is -0.497 e. The molecule has 0 N–H and O–H groups in total. The van der Waals surface area contributed by atoms with Crippen LogP contribution in [0, 0.1) is 0 Å². The summed E-state index contributed by atoms with van der Waals surface area (Å²) in [6, 6.07) is 8.66. The number of rotatable bonds is 4. The zero-order chi connectivity index (χ0) is 11.4. The van der Waals surface area contributed by atoms with Crippen molar-refractivity contribution in [2.45, 2.75) is 38.8 Å². The summed E-state index contributed by atoms with van der Waals surface area (Å²) in [5.41, 5.74) is 1.64. The first-order chi connectivity index (χ1) is 7.06. The first kappa shape index (κ1) is 12.3. The van der Waals surface area contributed by atoms with Gasteiger partial charge in [-0.25, -0.2) is 0 Å². The molecule has 0 saturated carbocycles. The summed E-state index contributed by atoms with van der Waals surface area (Å²) < 4.78 is 5.19. The minimum absolute atomic E-state index is 0.818. The molecule has 0 spiro atoms. The smallest absolute Gasteiger partial charge is 0.118 e. The maximum absolute atomic E-state index is 5.19. The first-order valence-electron chi connectivity index (χ1n) is 5.70. The molecule has 15 heavy (non-hydrogen) atoms. The Morgan fingerprint density at radius 3 is 1.73 bits per heavy atom. The van der Waals surface area contributed by atoms with E-state index in [1.54, 1.807) is 12.3 Å². The van der Waals surface area contributed by atoms with E-state index in [4.69, 9.17) is 4.74 Å². The van der Waals surface area contributed by atoms with Gasteiger partial charge in [-0.1, -0.05) is 45.0 Å². The SMILES string of the molecule is COc1ccc([SiH](C(C)C)C(C)C)cc1. The van der Waals surface area contributed by atoms with E-state index >= 15 is 0 Å². The zero-order valence-electron chi connectivity index (χ0n) is 10.4. The van der Waals surface area contributed by atoms with Gasteiger partial charge in [0, 0.05) is 0 Å². The third-order valence-corrected chi connectivity index (χ3v) is 6.96. The molecule has 0 bridgehead atoms. The number of methoxy groups -OCH3 is 1. The Bertz CT molecular complexity index is 282. The summed E-state index contributed by atoms with van der Waals surface area (Å²) in [4.78, 5) is 0. The highest BCUT2D eigenvalue weighted by Crippen LogP contribution is 2.20. The van der Waals surface area contributed by atoms with E-state index in [9.17, 15) is 0 Å². The molecule has 0 aromatic heterocycles. The molecule has 0 radical (unpaired) electrons. The Balaban J connectivity index is 2.92. The van der Waals surface area contributed by atoms with Gasteiger partial charge in [0.05, 0.1) is 15.9 Å². The van der Waals surface area contributed by atoms with Crippen molar-refractivity contribution in [1.29, 1.82) is 0 Å². The van der Waals surface area contributed by atoms with E-state index in [2.05, 4.69) is 52.0 Å². The normalized spacial score (nSPS) is 11.5. The van der Waals surface area contributed by atoms with Crippen LogP contribution < -0.4 is 9.92 Å². The number of hydrogen-bond acceptors (Lipinski definition) is 1. The Hall–Kier alpha value is -0.763. The average Bonchev–Trinajstić information content (AvgIpc) is 2.18. The van der Waals surface area contributed by atoms with Gasteiger partial charge in [0.1, 0.15) is 5.75 Å². The van der Waals surface area contributed by atoms with E-state index in [1.165, 1.54) is 0 Å². The van der Waals surface area contributed by atoms with Gasteiger partial charge in [-0.2, -0.15) is 0 Å². The predicted molar refractivity (Wildman–Crippen MR) is 70.0 cm³/mol. The zero-order valence-corrected chi connectivity index (χ0v) is 11.6. The van der Waals surface area contributed by atoms with Crippen molar-refractivity contribution in [3.8, 4) is 5.75 Å². The van der Waals surface area contributed by atoms with Gasteiger partial charge in [0.15, 0.2) is 0 Å². The van der Waals surface area contributed by atoms with Crippen LogP contribution in [-0.4, -0.2) is 15.9 Å². The Kier molecular flexibility index (Phi) is 4.39. The van der Waals surface area contributed by atoms with Crippen LogP contribution in [0.5, 0.6) is 5.75 Å². The molecule has 0 atom stereocenters. The fraction of sp³-hybridized carbons (Fsp3) is 0.538. The van der Waals surface area contributed by atoms with E-state index in [1.807, 2.05) is 0 Å². The van der Waals surface area contributed by atoms with Crippen LogP contribution in [0.2, 0.25) is 11.1 Å². The highest BCUT2D eigenvalue weighted by molar-refractivity contribution is 6.75. The first-order valence-corrected chi connectivity index (χ1v) is 7.61. The van der Waals surface area contributed by atoms with Crippen molar-refractivity contribution >= 4 is 14.0 Å². The molecule has 0 heterocycles. The highest BCUT2D eigenvalue weighted by Gasteiger charge is 2.21. The topological polar surface area (TPSA) is 9.23 Å². The summed E-state index contributed by atoms with van der Waals surface area (Å²) in [6.07, 6.45) is 0. The summed E-state index contributed by atoms with van der Waals surface area (Å²) in [6.45, 7) is 9.39. The van der Waals surface area contributed by atoms with Crippen molar-refractivity contribution in [2.24, 2.45) is 0 Å². The number of ether oxygens (including phenoxy) is 1. The average molecular weight is 222 g/mol. The third kappa shape index (κ3) is 3.10. The molecule has 0 aliphatic heterocycles. The van der Waals surface area contributed by atoms with Crippen LogP contribution in [0.4, 0.5) is 0 Å². The van der Waals surface area contributed by atoms with Crippen molar-refractivity contribution in [1.82, 2.24) is 0 Å². The molecule has 0 amide bonds. The van der Waals surface area contributed by atoms with E-state index in [-0.39, 0.29) is 0 Å². The molecule has 1 aromatic carbocycles. The molecule has 0 unspecified atom stereocenters. The molecule has 0 aliphatic rings. The largest absolute Gasteiger partial charge is 0.497 e. The molecule has 0 fully saturated rings. The highest BCUT2D eigenvalue weighted by atomic mass is 28.3. The molecule has 0 aliphatic carbocycles. The predicted octanol–water partition coefficient (Wildman–Crippen LogP) is 2.95. The van der Waals surface area contributed by atoms with Crippen LogP contribution in [0.1, 0.15) is 27.7 Å². The molecule has 0 saturated heterocycles. The van der Waals surface area contributed by atoms with Crippen molar-refractivity contribution in [2.75, 3.05) is 7.11 Å². The Morgan fingerprint density at radius 1 is 0.933 bits per heavy atom. The van der Waals surface area contributed by atoms with Gasteiger partial charge in [0.25, 0.3) is 0 Å². The quantitative estimate of drug-likeness (QED) is 0.712.